The van der Waals surface area contributed by atoms with E-state index in [1.54, 1.807) is 12.1 Å². The van der Waals surface area contributed by atoms with Gasteiger partial charge in [-0.25, -0.2) is 0 Å². The van der Waals surface area contributed by atoms with Crippen LogP contribution in [-0.4, -0.2) is 16.7 Å². The standard InChI is InChI=1S/C13H13BrO3/c1-3-4-9-6-10(14)7-11(13(9)17)12(16)5-8(2)15/h3,6-7,17H,1,4-5H2,2H3. The molecule has 1 aromatic rings. The summed E-state index contributed by atoms with van der Waals surface area (Å²) in [5, 5.41) is 9.93. The van der Waals surface area contributed by atoms with Crippen LogP contribution in [0.15, 0.2) is 29.3 Å². The van der Waals surface area contributed by atoms with Gasteiger partial charge in [0, 0.05) is 4.47 Å². The smallest absolute Gasteiger partial charge is 0.173 e. The van der Waals surface area contributed by atoms with Gasteiger partial charge in [0.1, 0.15) is 11.5 Å². The molecule has 90 valence electrons. The molecule has 1 aromatic carbocycles. The third-order valence-corrected chi connectivity index (χ3v) is 2.69. The predicted molar refractivity (Wildman–Crippen MR) is 69.3 cm³/mol. The fraction of sp³-hybridized carbons (Fsp3) is 0.231. The Morgan fingerprint density at radius 1 is 1.47 bits per heavy atom. The molecule has 0 radical (unpaired) electrons. The van der Waals surface area contributed by atoms with E-state index in [0.29, 0.717) is 16.5 Å². The Bertz CT molecular complexity index is 478. The third-order valence-electron chi connectivity index (χ3n) is 2.23. The first-order valence-electron chi connectivity index (χ1n) is 5.10. The van der Waals surface area contributed by atoms with Gasteiger partial charge in [-0.2, -0.15) is 0 Å². The number of ketones is 2. The molecule has 0 bridgehead atoms. The first-order chi connectivity index (χ1) is 7.95. The number of phenols is 1. The Balaban J connectivity index is 3.19. The molecule has 17 heavy (non-hydrogen) atoms. The summed E-state index contributed by atoms with van der Waals surface area (Å²) in [6.07, 6.45) is 1.91. The molecule has 0 aliphatic heterocycles. The van der Waals surface area contributed by atoms with Gasteiger partial charge < -0.3 is 5.11 Å². The van der Waals surface area contributed by atoms with Crippen molar-refractivity contribution in [3.63, 3.8) is 0 Å². The van der Waals surface area contributed by atoms with Crippen molar-refractivity contribution >= 4 is 27.5 Å². The molecule has 3 nitrogen and oxygen atoms in total. The van der Waals surface area contributed by atoms with E-state index in [1.165, 1.54) is 13.0 Å². The highest BCUT2D eigenvalue weighted by Gasteiger charge is 2.16. The molecule has 1 N–H and O–H groups in total. The lowest BCUT2D eigenvalue weighted by Crippen LogP contribution is -2.06. The molecular formula is C13H13BrO3. The molecule has 0 heterocycles. The SMILES string of the molecule is C=CCc1cc(Br)cc(C(=O)CC(C)=O)c1O. The summed E-state index contributed by atoms with van der Waals surface area (Å²) in [4.78, 5) is 22.7. The van der Waals surface area contributed by atoms with E-state index < -0.39 is 0 Å². The summed E-state index contributed by atoms with van der Waals surface area (Å²) in [5.74, 6) is -0.666. The van der Waals surface area contributed by atoms with E-state index >= 15 is 0 Å². The number of rotatable bonds is 5. The molecule has 0 saturated heterocycles. The zero-order chi connectivity index (χ0) is 13.0. The van der Waals surface area contributed by atoms with Crippen LogP contribution in [0.2, 0.25) is 0 Å². The summed E-state index contributed by atoms with van der Waals surface area (Å²) in [6, 6.07) is 3.24. The Morgan fingerprint density at radius 3 is 2.65 bits per heavy atom. The molecule has 0 amide bonds. The minimum Gasteiger partial charge on any atom is -0.507 e. The van der Waals surface area contributed by atoms with Crippen molar-refractivity contribution in [2.45, 2.75) is 19.8 Å². The van der Waals surface area contributed by atoms with Crippen molar-refractivity contribution in [1.82, 2.24) is 0 Å². The van der Waals surface area contributed by atoms with Crippen LogP contribution in [0.4, 0.5) is 0 Å². The Hall–Kier alpha value is -1.42. The number of benzene rings is 1. The van der Waals surface area contributed by atoms with Gasteiger partial charge in [0.15, 0.2) is 5.78 Å². The Morgan fingerprint density at radius 2 is 2.12 bits per heavy atom. The van der Waals surface area contributed by atoms with Gasteiger partial charge in [-0.1, -0.05) is 22.0 Å². The van der Waals surface area contributed by atoms with Crippen molar-refractivity contribution in [1.29, 1.82) is 0 Å². The minimum atomic E-state index is -0.374. The lowest BCUT2D eigenvalue weighted by atomic mass is 10.0. The van der Waals surface area contributed by atoms with Crippen molar-refractivity contribution in [3.8, 4) is 5.75 Å². The monoisotopic (exact) mass is 296 g/mol. The zero-order valence-electron chi connectivity index (χ0n) is 9.50. The Kier molecular flexibility index (Phi) is 4.63. The lowest BCUT2D eigenvalue weighted by molar-refractivity contribution is -0.116. The normalized spacial score (nSPS) is 10.0. The molecule has 0 saturated carbocycles. The van der Waals surface area contributed by atoms with Crippen LogP contribution in [-0.2, 0) is 11.2 Å². The van der Waals surface area contributed by atoms with Crippen LogP contribution in [0, 0.1) is 0 Å². The largest absolute Gasteiger partial charge is 0.507 e. The second-order valence-electron chi connectivity index (χ2n) is 3.76. The first kappa shape index (κ1) is 13.6. The van der Waals surface area contributed by atoms with Gasteiger partial charge in [-0.05, 0) is 31.0 Å². The number of phenolic OH excluding ortho intramolecular Hbond substituents is 1. The number of hydrogen-bond acceptors (Lipinski definition) is 3. The summed E-state index contributed by atoms with van der Waals surface area (Å²) < 4.78 is 0.694. The van der Waals surface area contributed by atoms with E-state index in [9.17, 15) is 14.7 Å². The van der Waals surface area contributed by atoms with Crippen LogP contribution in [0.3, 0.4) is 0 Å². The van der Waals surface area contributed by atoms with E-state index in [0.717, 1.165) is 0 Å². The molecule has 0 aromatic heterocycles. The Labute approximate surface area is 108 Å². The predicted octanol–water partition coefficient (Wildman–Crippen LogP) is 3.05. The van der Waals surface area contributed by atoms with Gasteiger partial charge in [0.25, 0.3) is 0 Å². The maximum absolute atomic E-state index is 11.8. The highest BCUT2D eigenvalue weighted by Crippen LogP contribution is 2.29. The second-order valence-corrected chi connectivity index (χ2v) is 4.67. The highest BCUT2D eigenvalue weighted by molar-refractivity contribution is 9.10. The van der Waals surface area contributed by atoms with Crippen molar-refractivity contribution in [3.05, 3.63) is 40.4 Å². The highest BCUT2D eigenvalue weighted by atomic mass is 79.9. The molecule has 0 aliphatic carbocycles. The van der Waals surface area contributed by atoms with Crippen LogP contribution in [0.5, 0.6) is 5.75 Å². The zero-order valence-corrected chi connectivity index (χ0v) is 11.1. The molecule has 0 unspecified atom stereocenters. The fourth-order valence-corrected chi connectivity index (χ4v) is 2.01. The van der Waals surface area contributed by atoms with Crippen LogP contribution in [0.1, 0.15) is 29.3 Å². The summed E-state index contributed by atoms with van der Waals surface area (Å²) in [6.45, 7) is 4.93. The van der Waals surface area contributed by atoms with Gasteiger partial charge in [-0.15, -0.1) is 6.58 Å². The molecule has 0 aliphatic rings. The van der Waals surface area contributed by atoms with Gasteiger partial charge in [0.2, 0.25) is 0 Å². The van der Waals surface area contributed by atoms with E-state index in [4.69, 9.17) is 0 Å². The van der Waals surface area contributed by atoms with Crippen LogP contribution < -0.4 is 0 Å². The number of carbonyl (C=O) groups excluding carboxylic acids is 2. The number of hydrogen-bond donors (Lipinski definition) is 1. The molecule has 0 atom stereocenters. The molecule has 0 fully saturated rings. The van der Waals surface area contributed by atoms with Gasteiger partial charge >= 0.3 is 0 Å². The summed E-state index contributed by atoms with van der Waals surface area (Å²) in [7, 11) is 0. The number of aromatic hydroxyl groups is 1. The van der Waals surface area contributed by atoms with Gasteiger partial charge in [-0.3, -0.25) is 9.59 Å². The quantitative estimate of drug-likeness (QED) is 0.516. The molecule has 0 spiro atoms. The number of carbonyl (C=O) groups is 2. The fourth-order valence-electron chi connectivity index (χ4n) is 1.50. The van der Waals surface area contributed by atoms with Crippen molar-refractivity contribution in [2.75, 3.05) is 0 Å². The minimum absolute atomic E-state index is 0.0700. The van der Waals surface area contributed by atoms with Crippen LogP contribution >= 0.6 is 15.9 Å². The van der Waals surface area contributed by atoms with Crippen LogP contribution in [0.25, 0.3) is 0 Å². The topological polar surface area (TPSA) is 54.4 Å². The average molecular weight is 297 g/mol. The van der Waals surface area contributed by atoms with Gasteiger partial charge in [0.05, 0.1) is 12.0 Å². The van der Waals surface area contributed by atoms with Crippen molar-refractivity contribution < 1.29 is 14.7 Å². The number of Topliss-reactive ketones (excluding diaryl/α,β-unsaturated/α-hetero) is 2. The van der Waals surface area contributed by atoms with E-state index in [-0.39, 0.29) is 29.3 Å². The third kappa shape index (κ3) is 3.53. The summed E-state index contributed by atoms with van der Waals surface area (Å²) >= 11 is 3.27. The van der Waals surface area contributed by atoms with Crippen molar-refractivity contribution in [2.24, 2.45) is 0 Å². The summed E-state index contributed by atoms with van der Waals surface area (Å²) in [5.41, 5.74) is 0.785. The molecule has 1 rings (SSSR count). The first-order valence-corrected chi connectivity index (χ1v) is 5.90. The lowest BCUT2D eigenvalue weighted by Gasteiger charge is -2.08. The number of halogens is 1. The second kappa shape index (κ2) is 5.77. The molecule has 4 heteroatoms. The maximum Gasteiger partial charge on any atom is 0.173 e. The maximum atomic E-state index is 11.8. The van der Waals surface area contributed by atoms with E-state index in [1.807, 2.05) is 0 Å². The van der Waals surface area contributed by atoms with E-state index in [2.05, 4.69) is 22.5 Å². The average Bonchev–Trinajstić information content (AvgIpc) is 2.22. The molecular weight excluding hydrogens is 284 g/mol. The number of allylic oxidation sites excluding steroid dienone is 1.